The number of rotatable bonds is 9. The predicted molar refractivity (Wildman–Crippen MR) is 103 cm³/mol. The third-order valence-electron chi connectivity index (χ3n) is 4.47. The van der Waals surface area contributed by atoms with Crippen LogP contribution in [0.3, 0.4) is 0 Å². The fourth-order valence-electron chi connectivity index (χ4n) is 2.60. The number of carbonyl (C=O) groups excluding carboxylic acids is 1. The van der Waals surface area contributed by atoms with Gasteiger partial charge < -0.3 is 15.8 Å². The Morgan fingerprint density at radius 2 is 1.71 bits per heavy atom. The van der Waals surface area contributed by atoms with Gasteiger partial charge in [0.1, 0.15) is 0 Å². The summed E-state index contributed by atoms with van der Waals surface area (Å²) < 4.78 is 5.19. The molecule has 0 aromatic heterocycles. The molecule has 3 unspecified atom stereocenters. The van der Waals surface area contributed by atoms with Crippen molar-refractivity contribution in [2.45, 2.75) is 58.6 Å². The van der Waals surface area contributed by atoms with Gasteiger partial charge in [0.25, 0.3) is 0 Å². The van der Waals surface area contributed by atoms with Gasteiger partial charge in [-0.25, -0.2) is 0 Å². The van der Waals surface area contributed by atoms with Gasteiger partial charge in [-0.2, -0.15) is 0 Å². The maximum absolute atomic E-state index is 12.2. The molecule has 0 aliphatic heterocycles. The molecular formula is C19H33ClN2O2. The molecule has 0 spiro atoms. The van der Waals surface area contributed by atoms with E-state index in [-0.39, 0.29) is 30.5 Å². The number of nitrogens with one attached hydrogen (secondary N) is 1. The van der Waals surface area contributed by atoms with Gasteiger partial charge in [-0.1, -0.05) is 52.0 Å². The Bertz CT molecular complexity index is 473. The van der Waals surface area contributed by atoms with Crippen molar-refractivity contribution in [2.75, 3.05) is 13.7 Å². The van der Waals surface area contributed by atoms with Gasteiger partial charge in [0.2, 0.25) is 5.91 Å². The first-order valence-corrected chi connectivity index (χ1v) is 8.54. The van der Waals surface area contributed by atoms with Crippen LogP contribution in [0.25, 0.3) is 0 Å². The standard InChI is InChI=1S/C19H32N2O2.ClH/c1-6-14(4)15-7-9-16(10-8-15)19(13(2)3)21-18(22)11-17(12-20)23-5;/h7-10,13-14,17,19H,6,11-12,20H2,1-5H3,(H,21,22);1H. The van der Waals surface area contributed by atoms with Gasteiger partial charge in [-0.3, -0.25) is 4.79 Å². The van der Waals surface area contributed by atoms with Gasteiger partial charge in [-0.15, -0.1) is 12.4 Å². The van der Waals surface area contributed by atoms with Gasteiger partial charge in [-0.05, 0) is 29.4 Å². The monoisotopic (exact) mass is 356 g/mol. The van der Waals surface area contributed by atoms with Crippen LogP contribution in [0.1, 0.15) is 63.6 Å². The fraction of sp³-hybridized carbons (Fsp3) is 0.632. The molecule has 4 nitrogen and oxygen atoms in total. The van der Waals surface area contributed by atoms with E-state index in [1.54, 1.807) is 7.11 Å². The summed E-state index contributed by atoms with van der Waals surface area (Å²) in [5.41, 5.74) is 8.07. The number of amides is 1. The van der Waals surface area contributed by atoms with Crippen molar-refractivity contribution in [1.29, 1.82) is 0 Å². The average Bonchev–Trinajstić information content (AvgIpc) is 2.56. The summed E-state index contributed by atoms with van der Waals surface area (Å²) in [5.74, 6) is 0.849. The van der Waals surface area contributed by atoms with E-state index in [4.69, 9.17) is 10.5 Å². The molecule has 0 bridgehead atoms. The zero-order chi connectivity index (χ0) is 17.4. The number of halogens is 1. The smallest absolute Gasteiger partial charge is 0.223 e. The van der Waals surface area contributed by atoms with E-state index in [0.29, 0.717) is 24.8 Å². The van der Waals surface area contributed by atoms with Crippen LogP contribution in [-0.2, 0) is 9.53 Å². The summed E-state index contributed by atoms with van der Waals surface area (Å²) in [7, 11) is 1.58. The van der Waals surface area contributed by atoms with Crippen molar-refractivity contribution >= 4 is 18.3 Å². The number of carbonyl (C=O) groups is 1. The Morgan fingerprint density at radius 3 is 2.12 bits per heavy atom. The number of hydrogen-bond acceptors (Lipinski definition) is 3. The maximum atomic E-state index is 12.2. The lowest BCUT2D eigenvalue weighted by atomic mass is 9.92. The molecule has 5 heteroatoms. The molecule has 138 valence electrons. The van der Waals surface area contributed by atoms with E-state index in [0.717, 1.165) is 12.0 Å². The number of benzene rings is 1. The molecule has 3 atom stereocenters. The summed E-state index contributed by atoms with van der Waals surface area (Å²) >= 11 is 0. The molecule has 1 aromatic carbocycles. The van der Waals surface area contributed by atoms with E-state index in [1.807, 2.05) is 0 Å². The fourth-order valence-corrected chi connectivity index (χ4v) is 2.60. The predicted octanol–water partition coefficient (Wildman–Crippen LogP) is 3.80. The summed E-state index contributed by atoms with van der Waals surface area (Å²) in [6.45, 7) is 9.00. The Balaban J connectivity index is 0.00000529. The summed E-state index contributed by atoms with van der Waals surface area (Å²) in [6, 6.07) is 8.60. The summed E-state index contributed by atoms with van der Waals surface area (Å²) in [6.07, 6.45) is 1.19. The molecule has 1 aromatic rings. The van der Waals surface area contributed by atoms with Gasteiger partial charge in [0, 0.05) is 13.7 Å². The van der Waals surface area contributed by atoms with Crippen LogP contribution in [0.15, 0.2) is 24.3 Å². The molecule has 0 radical (unpaired) electrons. The molecule has 0 heterocycles. The van der Waals surface area contributed by atoms with Crippen molar-refractivity contribution in [3.63, 3.8) is 0 Å². The van der Waals surface area contributed by atoms with Crippen LogP contribution in [0.5, 0.6) is 0 Å². The second kappa shape index (κ2) is 11.5. The summed E-state index contributed by atoms with van der Waals surface area (Å²) in [5, 5.41) is 3.12. The first-order chi connectivity index (χ1) is 10.9. The lowest BCUT2D eigenvalue weighted by molar-refractivity contribution is -0.124. The molecule has 0 saturated carbocycles. The lowest BCUT2D eigenvalue weighted by Gasteiger charge is -2.24. The first-order valence-electron chi connectivity index (χ1n) is 8.54. The topological polar surface area (TPSA) is 64.4 Å². The van der Waals surface area contributed by atoms with Crippen molar-refractivity contribution in [3.05, 3.63) is 35.4 Å². The molecule has 0 aliphatic rings. The van der Waals surface area contributed by atoms with E-state index in [9.17, 15) is 4.79 Å². The minimum Gasteiger partial charge on any atom is -0.380 e. The van der Waals surface area contributed by atoms with Crippen molar-refractivity contribution in [3.8, 4) is 0 Å². The molecule has 0 saturated heterocycles. The van der Waals surface area contributed by atoms with E-state index < -0.39 is 0 Å². The quantitative estimate of drug-likeness (QED) is 0.707. The molecule has 1 rings (SSSR count). The minimum absolute atomic E-state index is 0. The average molecular weight is 357 g/mol. The third-order valence-corrected chi connectivity index (χ3v) is 4.47. The van der Waals surface area contributed by atoms with Crippen LogP contribution < -0.4 is 11.1 Å². The molecule has 24 heavy (non-hydrogen) atoms. The first kappa shape index (κ1) is 22.9. The lowest BCUT2D eigenvalue weighted by Crippen LogP contribution is -2.36. The maximum Gasteiger partial charge on any atom is 0.223 e. The zero-order valence-electron chi connectivity index (χ0n) is 15.5. The Hall–Kier alpha value is -1.10. The van der Waals surface area contributed by atoms with E-state index >= 15 is 0 Å². The van der Waals surface area contributed by atoms with Gasteiger partial charge in [0.05, 0.1) is 18.6 Å². The van der Waals surface area contributed by atoms with Crippen LogP contribution in [0.2, 0.25) is 0 Å². The van der Waals surface area contributed by atoms with Crippen molar-refractivity contribution in [1.82, 2.24) is 5.32 Å². The van der Waals surface area contributed by atoms with Crippen LogP contribution in [0, 0.1) is 5.92 Å². The van der Waals surface area contributed by atoms with Crippen LogP contribution >= 0.6 is 12.4 Å². The molecule has 0 fully saturated rings. The second-order valence-corrected chi connectivity index (χ2v) is 6.56. The number of methoxy groups -OCH3 is 1. The largest absolute Gasteiger partial charge is 0.380 e. The highest BCUT2D eigenvalue weighted by atomic mass is 35.5. The van der Waals surface area contributed by atoms with E-state index in [2.05, 4.69) is 57.3 Å². The SMILES string of the molecule is CCC(C)c1ccc(C(NC(=O)CC(CN)OC)C(C)C)cc1.Cl. The van der Waals surface area contributed by atoms with Gasteiger partial charge >= 0.3 is 0 Å². The minimum atomic E-state index is -0.226. The van der Waals surface area contributed by atoms with Crippen molar-refractivity contribution in [2.24, 2.45) is 11.7 Å². The highest BCUT2D eigenvalue weighted by Gasteiger charge is 2.20. The number of nitrogens with two attached hydrogens (primary N) is 1. The number of ether oxygens (including phenoxy) is 1. The molecule has 3 N–H and O–H groups in total. The summed E-state index contributed by atoms with van der Waals surface area (Å²) in [4.78, 5) is 12.2. The van der Waals surface area contributed by atoms with Crippen molar-refractivity contribution < 1.29 is 9.53 Å². The van der Waals surface area contributed by atoms with Crippen LogP contribution in [0.4, 0.5) is 0 Å². The second-order valence-electron chi connectivity index (χ2n) is 6.56. The Kier molecular flexibility index (Phi) is 10.9. The highest BCUT2D eigenvalue weighted by molar-refractivity contribution is 5.85. The Morgan fingerprint density at radius 1 is 1.17 bits per heavy atom. The zero-order valence-corrected chi connectivity index (χ0v) is 16.4. The Labute approximate surface area is 152 Å². The van der Waals surface area contributed by atoms with E-state index in [1.165, 1.54) is 5.56 Å². The van der Waals surface area contributed by atoms with Gasteiger partial charge in [0.15, 0.2) is 0 Å². The molecule has 1 amide bonds. The number of hydrogen-bond donors (Lipinski definition) is 2. The molecular weight excluding hydrogens is 324 g/mol. The molecule has 0 aliphatic carbocycles. The normalized spacial score (nSPS) is 14.6. The highest BCUT2D eigenvalue weighted by Crippen LogP contribution is 2.25. The third kappa shape index (κ3) is 6.80. The van der Waals surface area contributed by atoms with Crippen LogP contribution in [-0.4, -0.2) is 25.7 Å².